The molecule has 0 aromatic rings. The van der Waals surface area contributed by atoms with Gasteiger partial charge in [0.2, 0.25) is 0 Å². The maximum Gasteiger partial charge on any atom is 0.272 e. The highest BCUT2D eigenvalue weighted by Crippen LogP contribution is 2.26. The third-order valence-electron chi connectivity index (χ3n) is 2.96. The Morgan fingerprint density at radius 1 is 0.944 bits per heavy atom. The Bertz CT molecular complexity index is 281. The third kappa shape index (κ3) is 4.70. The first kappa shape index (κ1) is 17.0. The molecule has 0 aliphatic rings. The maximum absolute atomic E-state index is 13.3. The molecule has 0 radical (unpaired) electrons. The van der Waals surface area contributed by atoms with E-state index < -0.39 is 6.08 Å². The summed E-state index contributed by atoms with van der Waals surface area (Å²) in [5.74, 6) is 0. The fraction of sp³-hybridized carbons (Fsp3) is 0.571. The van der Waals surface area contributed by atoms with Crippen LogP contribution in [-0.2, 0) is 0 Å². The van der Waals surface area contributed by atoms with E-state index in [4.69, 9.17) is 0 Å². The molecule has 0 saturated heterocycles. The van der Waals surface area contributed by atoms with Gasteiger partial charge in [-0.15, -0.1) is 13.2 Å². The molecule has 0 saturated carbocycles. The molecule has 104 valence electrons. The number of hydrogen-bond acceptors (Lipinski definition) is 2. The van der Waals surface area contributed by atoms with Crippen LogP contribution in [0.3, 0.4) is 0 Å². The van der Waals surface area contributed by atoms with Gasteiger partial charge in [0.15, 0.2) is 0 Å². The van der Waals surface area contributed by atoms with E-state index in [9.17, 15) is 8.78 Å². The maximum atomic E-state index is 13.3. The topological polar surface area (TPSA) is 6.48 Å². The van der Waals surface area contributed by atoms with Crippen molar-refractivity contribution >= 4 is 0 Å². The summed E-state index contributed by atoms with van der Waals surface area (Å²) in [7, 11) is 7.21. The minimum atomic E-state index is -1.60. The second kappa shape index (κ2) is 8.16. The van der Waals surface area contributed by atoms with E-state index >= 15 is 0 Å². The van der Waals surface area contributed by atoms with Crippen molar-refractivity contribution in [1.29, 1.82) is 0 Å². The van der Waals surface area contributed by atoms with Crippen molar-refractivity contribution in [2.75, 3.05) is 28.2 Å². The molecule has 0 amide bonds. The Morgan fingerprint density at radius 2 is 1.28 bits per heavy atom. The zero-order valence-corrected chi connectivity index (χ0v) is 11.8. The van der Waals surface area contributed by atoms with Gasteiger partial charge in [-0.25, -0.2) is 0 Å². The number of halogens is 2. The lowest BCUT2D eigenvalue weighted by Crippen LogP contribution is -2.40. The first-order valence-corrected chi connectivity index (χ1v) is 5.96. The van der Waals surface area contributed by atoms with Crippen LogP contribution in [0.15, 0.2) is 37.0 Å². The average Bonchev–Trinajstić information content (AvgIpc) is 2.26. The van der Waals surface area contributed by atoms with Gasteiger partial charge < -0.3 is 9.80 Å². The van der Waals surface area contributed by atoms with Gasteiger partial charge in [0.05, 0.1) is 0 Å². The van der Waals surface area contributed by atoms with Crippen molar-refractivity contribution in [3.8, 4) is 0 Å². The normalized spacial score (nSPS) is 14.4. The molecule has 2 nitrogen and oxygen atoms in total. The minimum Gasteiger partial charge on any atom is -0.302 e. The van der Waals surface area contributed by atoms with Crippen LogP contribution < -0.4 is 0 Å². The Balaban J connectivity index is 5.44. The van der Waals surface area contributed by atoms with Crippen LogP contribution in [0, 0.1) is 0 Å². The molecular weight excluding hydrogens is 234 g/mol. The predicted molar refractivity (Wildman–Crippen MR) is 73.8 cm³/mol. The summed E-state index contributed by atoms with van der Waals surface area (Å²) in [6, 6.07) is -0.667. The zero-order chi connectivity index (χ0) is 14.3. The smallest absolute Gasteiger partial charge is 0.272 e. The highest BCUT2D eigenvalue weighted by atomic mass is 19.3. The van der Waals surface area contributed by atoms with Crippen LogP contribution in [-0.4, -0.2) is 50.1 Å². The van der Waals surface area contributed by atoms with Crippen molar-refractivity contribution in [3.63, 3.8) is 0 Å². The van der Waals surface area contributed by atoms with E-state index in [1.807, 2.05) is 0 Å². The van der Waals surface area contributed by atoms with Crippen LogP contribution in [0.2, 0.25) is 0 Å². The quantitative estimate of drug-likeness (QED) is 0.617. The highest BCUT2D eigenvalue weighted by Gasteiger charge is 2.28. The van der Waals surface area contributed by atoms with Gasteiger partial charge in [-0.05, 0) is 41.0 Å². The summed E-state index contributed by atoms with van der Waals surface area (Å²) in [4.78, 5) is 3.60. The van der Waals surface area contributed by atoms with E-state index in [0.29, 0.717) is 12.8 Å². The molecule has 0 bridgehead atoms. The molecule has 2 unspecified atom stereocenters. The van der Waals surface area contributed by atoms with Crippen LogP contribution in [0.25, 0.3) is 0 Å². The van der Waals surface area contributed by atoms with Gasteiger partial charge in [0.25, 0.3) is 6.08 Å². The van der Waals surface area contributed by atoms with Gasteiger partial charge in [-0.1, -0.05) is 12.2 Å². The van der Waals surface area contributed by atoms with Crippen molar-refractivity contribution < 1.29 is 8.78 Å². The first-order valence-electron chi connectivity index (χ1n) is 5.96. The largest absolute Gasteiger partial charge is 0.302 e. The SMILES string of the molecule is C=CCC(C(=C(F)F)C(CC=C)N(C)C)N(C)C. The van der Waals surface area contributed by atoms with Gasteiger partial charge in [-0.2, -0.15) is 8.78 Å². The summed E-state index contributed by atoms with van der Waals surface area (Å²) in [6.07, 6.45) is 2.75. The fourth-order valence-electron chi connectivity index (χ4n) is 2.02. The lowest BCUT2D eigenvalue weighted by Gasteiger charge is -2.33. The van der Waals surface area contributed by atoms with Crippen molar-refractivity contribution in [3.05, 3.63) is 37.0 Å². The minimum absolute atomic E-state index is 0.157. The molecule has 0 rings (SSSR count). The summed E-state index contributed by atoms with van der Waals surface area (Å²) in [5, 5.41) is 0. The predicted octanol–water partition coefficient (Wildman–Crippen LogP) is 3.15. The number of rotatable bonds is 8. The van der Waals surface area contributed by atoms with E-state index in [1.54, 1.807) is 50.1 Å². The van der Waals surface area contributed by atoms with Crippen LogP contribution in [0.5, 0.6) is 0 Å². The summed E-state index contributed by atoms with van der Waals surface area (Å²) in [6.45, 7) is 7.29. The summed E-state index contributed by atoms with van der Waals surface area (Å²) in [5.41, 5.74) is 0.157. The van der Waals surface area contributed by atoms with Crippen LogP contribution in [0.1, 0.15) is 12.8 Å². The zero-order valence-electron chi connectivity index (χ0n) is 11.8. The average molecular weight is 258 g/mol. The van der Waals surface area contributed by atoms with E-state index in [0.717, 1.165) is 0 Å². The second-order valence-electron chi connectivity index (χ2n) is 4.72. The second-order valence-corrected chi connectivity index (χ2v) is 4.72. The Hall–Kier alpha value is -1.00. The van der Waals surface area contributed by atoms with Gasteiger partial charge >= 0.3 is 0 Å². The molecule has 0 aromatic carbocycles. The molecule has 0 aliphatic carbocycles. The molecule has 0 aromatic heterocycles. The van der Waals surface area contributed by atoms with E-state index in [-0.39, 0.29) is 17.7 Å². The Morgan fingerprint density at radius 3 is 1.44 bits per heavy atom. The van der Waals surface area contributed by atoms with Gasteiger partial charge in [0.1, 0.15) is 0 Å². The lowest BCUT2D eigenvalue weighted by molar-refractivity contribution is 0.243. The lowest BCUT2D eigenvalue weighted by atomic mass is 9.93. The number of nitrogens with zero attached hydrogens (tertiary/aromatic N) is 2. The van der Waals surface area contributed by atoms with E-state index in [2.05, 4.69) is 13.2 Å². The Kier molecular flexibility index (Phi) is 7.71. The molecule has 0 heterocycles. The third-order valence-corrected chi connectivity index (χ3v) is 2.96. The van der Waals surface area contributed by atoms with Crippen LogP contribution in [0.4, 0.5) is 8.78 Å². The Labute approximate surface area is 109 Å². The molecule has 4 heteroatoms. The van der Waals surface area contributed by atoms with Gasteiger partial charge in [0, 0.05) is 17.7 Å². The molecule has 0 fully saturated rings. The van der Waals surface area contributed by atoms with Crippen molar-refractivity contribution in [2.24, 2.45) is 0 Å². The number of likely N-dealkylation sites (N-methyl/N-ethyl adjacent to an activating group) is 2. The molecular formula is C14H24F2N2. The first-order chi connectivity index (χ1) is 8.36. The van der Waals surface area contributed by atoms with E-state index in [1.165, 1.54) is 0 Å². The molecule has 0 N–H and O–H groups in total. The van der Waals surface area contributed by atoms with Crippen molar-refractivity contribution in [2.45, 2.75) is 24.9 Å². The molecule has 18 heavy (non-hydrogen) atoms. The molecule has 0 spiro atoms. The molecule has 2 atom stereocenters. The monoisotopic (exact) mass is 258 g/mol. The number of hydrogen-bond donors (Lipinski definition) is 0. The summed E-state index contributed by atoms with van der Waals surface area (Å²) < 4.78 is 26.6. The van der Waals surface area contributed by atoms with Gasteiger partial charge in [-0.3, -0.25) is 0 Å². The molecule has 0 aliphatic heterocycles. The standard InChI is InChI=1S/C14H24F2N2/c1-7-9-11(17(3)4)13(14(15)16)12(10-8-2)18(5)6/h7-8,11-12H,1-2,9-10H2,3-6H3. The summed E-state index contributed by atoms with van der Waals surface area (Å²) >= 11 is 0. The highest BCUT2D eigenvalue weighted by molar-refractivity contribution is 5.21. The van der Waals surface area contributed by atoms with Crippen LogP contribution >= 0.6 is 0 Å². The van der Waals surface area contributed by atoms with Crippen molar-refractivity contribution in [1.82, 2.24) is 9.80 Å². The fourth-order valence-corrected chi connectivity index (χ4v) is 2.02.